The summed E-state index contributed by atoms with van der Waals surface area (Å²) in [4.78, 5) is 22.8. The summed E-state index contributed by atoms with van der Waals surface area (Å²) in [6.07, 6.45) is -0.343. The molecule has 2 rings (SSSR count). The van der Waals surface area contributed by atoms with Crippen LogP contribution in [0.1, 0.15) is 34.7 Å². The second kappa shape index (κ2) is 5.72. The van der Waals surface area contributed by atoms with Crippen molar-refractivity contribution in [1.29, 1.82) is 0 Å². The van der Waals surface area contributed by atoms with Crippen molar-refractivity contribution in [2.75, 3.05) is 5.73 Å². The number of aromatic carboxylic acids is 1. The Labute approximate surface area is 124 Å². The highest BCUT2D eigenvalue weighted by atomic mass is 16.5. The van der Waals surface area contributed by atoms with Gasteiger partial charge in [-0.05, 0) is 32.0 Å². The Balaban J connectivity index is 2.43. The largest absolute Gasteiger partial charge is 0.507 e. The van der Waals surface area contributed by atoms with Crippen molar-refractivity contribution in [1.82, 2.24) is 15.0 Å². The molecule has 2 aromatic rings. The Hall–Kier alpha value is -3.10. The van der Waals surface area contributed by atoms with Gasteiger partial charge in [-0.2, -0.15) is 4.68 Å². The van der Waals surface area contributed by atoms with Crippen LogP contribution in [0.4, 0.5) is 5.82 Å². The van der Waals surface area contributed by atoms with Crippen LogP contribution in [0, 0.1) is 0 Å². The van der Waals surface area contributed by atoms with Crippen molar-refractivity contribution in [2.24, 2.45) is 0 Å². The minimum atomic E-state index is -1.31. The van der Waals surface area contributed by atoms with Gasteiger partial charge < -0.3 is 20.7 Å². The summed E-state index contributed by atoms with van der Waals surface area (Å²) in [6, 6.07) is 3.75. The first-order chi connectivity index (χ1) is 10.3. The number of nitrogens with two attached hydrogens (primary N) is 1. The number of benzene rings is 1. The van der Waals surface area contributed by atoms with E-state index in [9.17, 15) is 14.7 Å². The van der Waals surface area contributed by atoms with Gasteiger partial charge in [0.2, 0.25) is 5.69 Å². The Kier molecular flexibility index (Phi) is 3.97. The van der Waals surface area contributed by atoms with Crippen molar-refractivity contribution in [3.05, 3.63) is 29.5 Å². The monoisotopic (exact) mass is 306 g/mol. The standard InChI is InChI=1S/C13H14N4O5/c1-6(2)22-13(21)10-11(14)17(16-15-10)7-3-4-9(18)8(5-7)12(19)20/h3-6,18H,14H2,1-2H3,(H,19,20). The number of carboxylic acids is 1. The molecule has 1 aromatic carbocycles. The number of nitrogen functional groups attached to an aromatic ring is 1. The minimum Gasteiger partial charge on any atom is -0.507 e. The van der Waals surface area contributed by atoms with Crippen molar-refractivity contribution < 1.29 is 24.5 Å². The lowest BCUT2D eigenvalue weighted by Gasteiger charge is -2.07. The summed E-state index contributed by atoms with van der Waals surface area (Å²) in [5, 5.41) is 25.8. The zero-order chi connectivity index (χ0) is 16.4. The molecule has 1 heterocycles. The van der Waals surface area contributed by atoms with Crippen LogP contribution >= 0.6 is 0 Å². The van der Waals surface area contributed by atoms with Gasteiger partial charge in [-0.25, -0.2) is 9.59 Å². The number of rotatable bonds is 4. The van der Waals surface area contributed by atoms with Gasteiger partial charge in [0, 0.05) is 0 Å². The molecule has 4 N–H and O–H groups in total. The second-order valence-electron chi connectivity index (χ2n) is 4.70. The molecule has 22 heavy (non-hydrogen) atoms. The van der Waals surface area contributed by atoms with Crippen molar-refractivity contribution >= 4 is 17.8 Å². The molecule has 0 spiro atoms. The van der Waals surface area contributed by atoms with E-state index in [1.165, 1.54) is 18.2 Å². The number of esters is 1. The zero-order valence-corrected chi connectivity index (χ0v) is 11.8. The molecular formula is C13H14N4O5. The van der Waals surface area contributed by atoms with E-state index < -0.39 is 17.7 Å². The maximum atomic E-state index is 11.8. The molecule has 9 heteroatoms. The maximum absolute atomic E-state index is 11.8. The fourth-order valence-corrected chi connectivity index (χ4v) is 1.72. The van der Waals surface area contributed by atoms with Crippen LogP contribution in [0.25, 0.3) is 5.69 Å². The number of carbonyl (C=O) groups excluding carboxylic acids is 1. The molecule has 0 fully saturated rings. The van der Waals surface area contributed by atoms with Crippen LogP contribution in [-0.2, 0) is 4.74 Å². The van der Waals surface area contributed by atoms with Gasteiger partial charge >= 0.3 is 11.9 Å². The van der Waals surface area contributed by atoms with Crippen LogP contribution in [-0.4, -0.2) is 43.2 Å². The van der Waals surface area contributed by atoms with E-state index in [1.807, 2.05) is 0 Å². The van der Waals surface area contributed by atoms with Crippen LogP contribution in [0.15, 0.2) is 18.2 Å². The highest BCUT2D eigenvalue weighted by Gasteiger charge is 2.21. The van der Waals surface area contributed by atoms with Crippen LogP contribution in [0.5, 0.6) is 5.75 Å². The number of hydrogen-bond acceptors (Lipinski definition) is 7. The van der Waals surface area contributed by atoms with E-state index in [0.29, 0.717) is 0 Å². The third-order valence-electron chi connectivity index (χ3n) is 2.70. The Morgan fingerprint density at radius 3 is 2.64 bits per heavy atom. The average Bonchev–Trinajstić information content (AvgIpc) is 2.80. The first-order valence-electron chi connectivity index (χ1n) is 6.30. The molecule has 0 unspecified atom stereocenters. The lowest BCUT2D eigenvalue weighted by molar-refractivity contribution is 0.0371. The average molecular weight is 306 g/mol. The highest BCUT2D eigenvalue weighted by molar-refractivity contribution is 5.93. The summed E-state index contributed by atoms with van der Waals surface area (Å²) >= 11 is 0. The van der Waals surface area contributed by atoms with Crippen molar-refractivity contribution in [3.63, 3.8) is 0 Å². The van der Waals surface area contributed by atoms with E-state index in [2.05, 4.69) is 10.3 Å². The van der Waals surface area contributed by atoms with Crippen molar-refractivity contribution in [3.8, 4) is 11.4 Å². The minimum absolute atomic E-state index is 0.0901. The normalized spacial score (nSPS) is 10.7. The number of carbonyl (C=O) groups is 2. The van der Waals surface area contributed by atoms with E-state index >= 15 is 0 Å². The highest BCUT2D eigenvalue weighted by Crippen LogP contribution is 2.23. The lowest BCUT2D eigenvalue weighted by Crippen LogP contribution is -2.14. The third kappa shape index (κ3) is 2.82. The predicted molar refractivity (Wildman–Crippen MR) is 74.9 cm³/mol. The number of aromatic hydroxyl groups is 1. The second-order valence-corrected chi connectivity index (χ2v) is 4.70. The quantitative estimate of drug-likeness (QED) is 0.705. The van der Waals surface area contributed by atoms with Gasteiger partial charge in [0.05, 0.1) is 11.8 Å². The number of phenols is 1. The van der Waals surface area contributed by atoms with E-state index in [-0.39, 0.29) is 28.9 Å². The van der Waals surface area contributed by atoms with Crippen LogP contribution < -0.4 is 5.73 Å². The van der Waals surface area contributed by atoms with Crippen molar-refractivity contribution in [2.45, 2.75) is 20.0 Å². The summed E-state index contributed by atoms with van der Waals surface area (Å²) in [5.41, 5.74) is 5.55. The summed E-state index contributed by atoms with van der Waals surface area (Å²) in [7, 11) is 0. The van der Waals surface area contributed by atoms with Crippen LogP contribution in [0.2, 0.25) is 0 Å². The molecule has 9 nitrogen and oxygen atoms in total. The van der Waals surface area contributed by atoms with Gasteiger partial charge in [-0.15, -0.1) is 5.10 Å². The molecule has 0 saturated heterocycles. The first-order valence-corrected chi connectivity index (χ1v) is 6.30. The summed E-state index contributed by atoms with van der Waals surface area (Å²) in [5.74, 6) is -2.52. The van der Waals surface area contributed by atoms with Gasteiger partial charge in [0.25, 0.3) is 0 Å². The molecular weight excluding hydrogens is 292 g/mol. The number of carboxylic acid groups (broad SMARTS) is 1. The predicted octanol–water partition coefficient (Wildman–Crippen LogP) is 0.818. The molecule has 0 aliphatic rings. The molecule has 116 valence electrons. The SMILES string of the molecule is CC(C)OC(=O)c1nnn(-c2ccc(O)c(C(=O)O)c2)c1N. The number of aromatic nitrogens is 3. The molecule has 0 amide bonds. The van der Waals surface area contributed by atoms with E-state index in [4.69, 9.17) is 15.6 Å². The molecule has 0 saturated carbocycles. The summed E-state index contributed by atoms with van der Waals surface area (Å²) < 4.78 is 6.06. The fourth-order valence-electron chi connectivity index (χ4n) is 1.72. The van der Waals surface area contributed by atoms with E-state index in [1.54, 1.807) is 13.8 Å². The van der Waals surface area contributed by atoms with Gasteiger partial charge in [-0.1, -0.05) is 5.21 Å². The topological polar surface area (TPSA) is 141 Å². The molecule has 1 aromatic heterocycles. The molecule has 0 aliphatic heterocycles. The molecule has 0 bridgehead atoms. The Morgan fingerprint density at radius 1 is 1.36 bits per heavy atom. The molecule has 0 radical (unpaired) electrons. The lowest BCUT2D eigenvalue weighted by atomic mass is 10.2. The first kappa shape index (κ1) is 15.3. The fraction of sp³-hybridized carbons (Fsp3) is 0.231. The number of anilines is 1. The van der Waals surface area contributed by atoms with E-state index in [0.717, 1.165) is 4.68 Å². The summed E-state index contributed by atoms with van der Waals surface area (Å²) in [6.45, 7) is 3.36. The Morgan fingerprint density at radius 2 is 2.05 bits per heavy atom. The molecule has 0 aliphatic carbocycles. The maximum Gasteiger partial charge on any atom is 0.363 e. The smallest absolute Gasteiger partial charge is 0.363 e. The number of hydrogen-bond donors (Lipinski definition) is 3. The van der Waals surface area contributed by atoms with Gasteiger partial charge in [0.1, 0.15) is 11.3 Å². The third-order valence-corrected chi connectivity index (χ3v) is 2.70. The number of nitrogens with zero attached hydrogens (tertiary/aromatic N) is 3. The van der Waals surface area contributed by atoms with Gasteiger partial charge in [0.15, 0.2) is 5.82 Å². The zero-order valence-electron chi connectivity index (χ0n) is 11.8. The Bertz CT molecular complexity index is 738. The van der Waals surface area contributed by atoms with Gasteiger partial charge in [-0.3, -0.25) is 0 Å². The van der Waals surface area contributed by atoms with Crippen LogP contribution in [0.3, 0.4) is 0 Å². The number of ether oxygens (including phenoxy) is 1. The molecule has 0 atom stereocenters.